The van der Waals surface area contributed by atoms with Crippen LogP contribution in [0.5, 0.6) is 5.75 Å². The Hall–Kier alpha value is -1.18. The van der Waals surface area contributed by atoms with E-state index in [9.17, 15) is 30.7 Å². The lowest BCUT2D eigenvalue weighted by atomic mass is 10.2. The third-order valence-electron chi connectivity index (χ3n) is 1.54. The lowest BCUT2D eigenvalue weighted by Gasteiger charge is -2.13. The van der Waals surface area contributed by atoms with Crippen molar-refractivity contribution in [3.8, 4) is 5.75 Å². The number of ether oxygens (including phenoxy) is 1. The highest BCUT2D eigenvalue weighted by atomic mass is 35.5. The monoisotopic (exact) mass is 282 g/mol. The minimum absolute atomic E-state index is 0.0289. The molecule has 0 spiro atoms. The van der Waals surface area contributed by atoms with Gasteiger partial charge >= 0.3 is 12.5 Å². The summed E-state index contributed by atoms with van der Waals surface area (Å²) in [6.45, 7) is 0. The maximum absolute atomic E-state index is 12.9. The minimum Gasteiger partial charge on any atom is -0.406 e. The van der Waals surface area contributed by atoms with Crippen molar-refractivity contribution in [2.24, 2.45) is 0 Å². The van der Waals surface area contributed by atoms with Crippen molar-refractivity contribution < 1.29 is 35.5 Å². The molecule has 0 aliphatic rings. The summed E-state index contributed by atoms with van der Waals surface area (Å²) in [6.07, 6.45) is -10.3. The summed E-state index contributed by atoms with van der Waals surface area (Å²) >= 11 is 4.99. The molecule has 0 saturated heterocycles. The Morgan fingerprint density at radius 2 is 1.53 bits per heavy atom. The molecule has 0 aliphatic heterocycles. The summed E-state index contributed by atoms with van der Waals surface area (Å²) in [5.41, 5.74) is -1.74. The van der Waals surface area contributed by atoms with E-state index in [1.807, 2.05) is 0 Å². The first kappa shape index (κ1) is 13.9. The molecule has 1 nitrogen and oxygen atoms in total. The van der Waals surface area contributed by atoms with Crippen LogP contribution in [0, 0.1) is 5.82 Å². The number of hydrogen-bond acceptors (Lipinski definition) is 1. The van der Waals surface area contributed by atoms with E-state index in [4.69, 9.17) is 11.6 Å². The van der Waals surface area contributed by atoms with E-state index in [-0.39, 0.29) is 12.1 Å². The first-order valence-corrected chi connectivity index (χ1v) is 4.20. The van der Waals surface area contributed by atoms with E-state index in [2.05, 4.69) is 4.74 Å². The van der Waals surface area contributed by atoms with Gasteiger partial charge in [0, 0.05) is 6.07 Å². The molecule has 9 heteroatoms. The standard InChI is InChI=1S/C8H2ClF7O/c9-6-4(7(11,12)13)1-3(2-5(6)10)17-8(14,15)16/h1-2H. The van der Waals surface area contributed by atoms with E-state index in [0.717, 1.165) is 0 Å². The van der Waals surface area contributed by atoms with Gasteiger partial charge in [0.25, 0.3) is 0 Å². The van der Waals surface area contributed by atoms with E-state index < -0.39 is 34.7 Å². The number of hydrogen-bond donors (Lipinski definition) is 0. The van der Waals surface area contributed by atoms with Crippen LogP contribution < -0.4 is 4.74 Å². The lowest BCUT2D eigenvalue weighted by molar-refractivity contribution is -0.274. The van der Waals surface area contributed by atoms with Crippen LogP contribution in [0.25, 0.3) is 0 Å². The molecular weight excluding hydrogens is 281 g/mol. The fourth-order valence-corrected chi connectivity index (χ4v) is 1.18. The molecule has 0 fully saturated rings. The molecule has 0 unspecified atom stereocenters. The van der Waals surface area contributed by atoms with Gasteiger partial charge in [-0.15, -0.1) is 13.2 Å². The molecule has 0 saturated carbocycles. The van der Waals surface area contributed by atoms with Crippen molar-refractivity contribution in [2.75, 3.05) is 0 Å². The highest BCUT2D eigenvalue weighted by Crippen LogP contribution is 2.39. The van der Waals surface area contributed by atoms with Crippen molar-refractivity contribution in [3.63, 3.8) is 0 Å². The van der Waals surface area contributed by atoms with Crippen molar-refractivity contribution in [1.82, 2.24) is 0 Å². The summed E-state index contributed by atoms with van der Waals surface area (Å²) < 4.78 is 88.0. The quantitative estimate of drug-likeness (QED) is 0.694. The summed E-state index contributed by atoms with van der Waals surface area (Å²) in [4.78, 5) is 0. The van der Waals surface area contributed by atoms with Gasteiger partial charge in [-0.05, 0) is 6.07 Å². The average molecular weight is 283 g/mol. The number of benzene rings is 1. The summed E-state index contributed by atoms with van der Waals surface area (Å²) in [5.74, 6) is -2.98. The third kappa shape index (κ3) is 3.65. The zero-order valence-corrected chi connectivity index (χ0v) is 8.34. The van der Waals surface area contributed by atoms with E-state index in [1.165, 1.54) is 0 Å². The summed E-state index contributed by atoms with van der Waals surface area (Å²) in [5, 5.41) is -1.31. The highest BCUT2D eigenvalue weighted by molar-refractivity contribution is 6.31. The van der Waals surface area contributed by atoms with Gasteiger partial charge in [0.1, 0.15) is 11.6 Å². The number of halogens is 8. The summed E-state index contributed by atoms with van der Waals surface area (Å²) in [7, 11) is 0. The molecule has 0 atom stereocenters. The third-order valence-corrected chi connectivity index (χ3v) is 1.92. The largest absolute Gasteiger partial charge is 0.573 e. The normalized spacial score (nSPS) is 12.7. The Balaban J connectivity index is 3.25. The second-order valence-corrected chi connectivity index (χ2v) is 3.19. The zero-order valence-electron chi connectivity index (χ0n) is 7.59. The van der Waals surface area contributed by atoms with Crippen molar-refractivity contribution in [1.29, 1.82) is 0 Å². The zero-order chi connectivity index (χ0) is 13.4. The molecule has 96 valence electrons. The predicted octanol–water partition coefficient (Wildman–Crippen LogP) is 4.40. The van der Waals surface area contributed by atoms with Gasteiger partial charge in [-0.3, -0.25) is 0 Å². The molecule has 0 N–H and O–H groups in total. The Morgan fingerprint density at radius 1 is 1.00 bits per heavy atom. The van der Waals surface area contributed by atoms with Gasteiger partial charge in [0.2, 0.25) is 0 Å². The van der Waals surface area contributed by atoms with E-state index in [1.54, 1.807) is 0 Å². The minimum atomic E-state index is -5.22. The van der Waals surface area contributed by atoms with Crippen LogP contribution in [-0.4, -0.2) is 6.36 Å². The van der Waals surface area contributed by atoms with Crippen LogP contribution in [0.3, 0.4) is 0 Å². The van der Waals surface area contributed by atoms with Gasteiger partial charge < -0.3 is 4.74 Å². The second-order valence-electron chi connectivity index (χ2n) is 2.81. The Labute approximate surface area is 94.7 Å². The lowest BCUT2D eigenvalue weighted by Crippen LogP contribution is -2.18. The molecule has 1 rings (SSSR count). The Kier molecular flexibility index (Phi) is 3.47. The van der Waals surface area contributed by atoms with Crippen molar-refractivity contribution in [3.05, 3.63) is 28.5 Å². The van der Waals surface area contributed by atoms with E-state index in [0.29, 0.717) is 0 Å². The Morgan fingerprint density at radius 3 is 1.94 bits per heavy atom. The fraction of sp³-hybridized carbons (Fsp3) is 0.250. The molecule has 0 aromatic heterocycles. The van der Waals surface area contributed by atoms with Crippen LogP contribution in [-0.2, 0) is 6.18 Å². The topological polar surface area (TPSA) is 9.23 Å². The maximum atomic E-state index is 12.9. The van der Waals surface area contributed by atoms with Gasteiger partial charge in [-0.1, -0.05) is 11.6 Å². The predicted molar refractivity (Wildman–Crippen MR) is 43.1 cm³/mol. The second kappa shape index (κ2) is 4.25. The molecule has 0 aliphatic carbocycles. The highest BCUT2D eigenvalue weighted by Gasteiger charge is 2.37. The molecule has 0 radical (unpaired) electrons. The van der Waals surface area contributed by atoms with Crippen LogP contribution in [0.1, 0.15) is 5.56 Å². The molecule has 1 aromatic carbocycles. The maximum Gasteiger partial charge on any atom is 0.573 e. The first-order valence-electron chi connectivity index (χ1n) is 3.82. The first-order chi connectivity index (χ1) is 7.50. The summed E-state index contributed by atoms with van der Waals surface area (Å²) in [6, 6.07) is 0.0873. The SMILES string of the molecule is Fc1cc(OC(F)(F)F)cc(C(F)(F)F)c1Cl. The van der Waals surface area contributed by atoms with Crippen LogP contribution in [0.15, 0.2) is 12.1 Å². The van der Waals surface area contributed by atoms with E-state index >= 15 is 0 Å². The average Bonchev–Trinajstić information content (AvgIpc) is 2.06. The van der Waals surface area contributed by atoms with Gasteiger partial charge in [0.05, 0.1) is 10.6 Å². The van der Waals surface area contributed by atoms with Gasteiger partial charge in [0.15, 0.2) is 0 Å². The van der Waals surface area contributed by atoms with Crippen molar-refractivity contribution in [2.45, 2.75) is 12.5 Å². The molecule has 0 amide bonds. The molecule has 17 heavy (non-hydrogen) atoms. The Bertz CT molecular complexity index is 423. The fourth-order valence-electron chi connectivity index (χ4n) is 0.963. The van der Waals surface area contributed by atoms with Crippen LogP contribution in [0.4, 0.5) is 30.7 Å². The van der Waals surface area contributed by atoms with Gasteiger partial charge in [-0.25, -0.2) is 4.39 Å². The smallest absolute Gasteiger partial charge is 0.406 e. The van der Waals surface area contributed by atoms with Crippen LogP contribution in [0.2, 0.25) is 5.02 Å². The van der Waals surface area contributed by atoms with Crippen molar-refractivity contribution >= 4 is 11.6 Å². The molecular formula is C8H2ClF7O. The molecule has 0 bridgehead atoms. The van der Waals surface area contributed by atoms with Crippen LogP contribution >= 0.6 is 11.6 Å². The molecule has 1 aromatic rings. The number of alkyl halides is 6. The number of rotatable bonds is 1. The molecule has 0 heterocycles. The van der Waals surface area contributed by atoms with Gasteiger partial charge in [-0.2, -0.15) is 13.2 Å².